The maximum atomic E-state index is 12.0. The molecule has 0 N–H and O–H groups in total. The third-order valence-corrected chi connectivity index (χ3v) is 5.63. The molecule has 0 atom stereocenters. The maximum Gasteiger partial charge on any atom is 0.336 e. The van der Waals surface area contributed by atoms with Crippen LogP contribution in [0.4, 0.5) is 5.69 Å². The van der Waals surface area contributed by atoms with Gasteiger partial charge in [-0.15, -0.1) is 0 Å². The lowest BCUT2D eigenvalue weighted by Crippen LogP contribution is -2.30. The fourth-order valence-corrected chi connectivity index (χ4v) is 4.05. The van der Waals surface area contributed by atoms with E-state index in [0.29, 0.717) is 11.1 Å². The van der Waals surface area contributed by atoms with Gasteiger partial charge in [-0.05, 0) is 54.4 Å². The van der Waals surface area contributed by atoms with Crippen LogP contribution < -0.4 is 10.5 Å². The number of fused-ring (bicyclic) bond motifs is 1. The van der Waals surface area contributed by atoms with Crippen molar-refractivity contribution in [2.75, 3.05) is 31.1 Å². The Hall–Kier alpha value is -2.62. The van der Waals surface area contributed by atoms with Crippen LogP contribution >= 0.6 is 15.9 Å². The molecular formula is C22H20BrN3O2. The van der Waals surface area contributed by atoms with E-state index in [-0.39, 0.29) is 5.63 Å². The second kappa shape index (κ2) is 8.17. The third-order valence-electron chi connectivity index (χ3n) is 5.14. The topological polar surface area (TPSA) is 60.5 Å². The lowest BCUT2D eigenvalue weighted by atomic mass is 10.1. The van der Waals surface area contributed by atoms with Gasteiger partial charge in [0.05, 0.1) is 11.6 Å². The molecule has 0 radical (unpaired) electrons. The van der Waals surface area contributed by atoms with Gasteiger partial charge < -0.3 is 9.32 Å². The van der Waals surface area contributed by atoms with E-state index in [0.717, 1.165) is 60.3 Å². The minimum Gasteiger partial charge on any atom is -0.423 e. The SMILES string of the molecule is N#Cc1ccc(N2CCCN(Cc3cc(=O)oc4cc(Br)ccc34)CC2)cc1. The number of nitriles is 1. The molecule has 6 heteroatoms. The molecule has 0 amide bonds. The zero-order valence-corrected chi connectivity index (χ0v) is 17.0. The summed E-state index contributed by atoms with van der Waals surface area (Å²) < 4.78 is 6.25. The molecule has 3 aromatic rings. The maximum absolute atomic E-state index is 12.0. The van der Waals surface area contributed by atoms with Crippen LogP contribution in [0.1, 0.15) is 17.5 Å². The molecule has 1 fully saturated rings. The van der Waals surface area contributed by atoms with Gasteiger partial charge in [0.2, 0.25) is 0 Å². The molecule has 1 aromatic heterocycles. The highest BCUT2D eigenvalue weighted by atomic mass is 79.9. The Balaban J connectivity index is 1.50. The van der Waals surface area contributed by atoms with Crippen molar-refractivity contribution in [1.82, 2.24) is 4.90 Å². The average Bonchev–Trinajstić information content (AvgIpc) is 2.93. The van der Waals surface area contributed by atoms with Gasteiger partial charge >= 0.3 is 5.63 Å². The van der Waals surface area contributed by atoms with Crippen LogP contribution in [0.15, 0.2) is 62.2 Å². The van der Waals surface area contributed by atoms with Crippen LogP contribution in [-0.4, -0.2) is 31.1 Å². The van der Waals surface area contributed by atoms with Crippen molar-refractivity contribution in [1.29, 1.82) is 5.26 Å². The average molecular weight is 438 g/mol. The zero-order chi connectivity index (χ0) is 19.5. The van der Waals surface area contributed by atoms with E-state index < -0.39 is 0 Å². The van der Waals surface area contributed by atoms with Crippen molar-refractivity contribution >= 4 is 32.6 Å². The number of anilines is 1. The Morgan fingerprint density at radius 3 is 2.64 bits per heavy atom. The first-order valence-corrected chi connectivity index (χ1v) is 10.1. The van der Waals surface area contributed by atoms with Gasteiger partial charge in [-0.2, -0.15) is 5.26 Å². The molecule has 1 saturated heterocycles. The Morgan fingerprint density at radius 2 is 1.86 bits per heavy atom. The first-order valence-electron chi connectivity index (χ1n) is 9.32. The van der Waals surface area contributed by atoms with Gasteiger partial charge in [-0.1, -0.05) is 15.9 Å². The molecule has 0 aliphatic carbocycles. The van der Waals surface area contributed by atoms with Gasteiger partial charge in [-0.25, -0.2) is 4.79 Å². The highest BCUT2D eigenvalue weighted by Crippen LogP contribution is 2.23. The molecule has 1 aliphatic rings. The van der Waals surface area contributed by atoms with Crippen molar-refractivity contribution in [3.05, 3.63) is 74.6 Å². The number of hydrogen-bond acceptors (Lipinski definition) is 5. The molecule has 0 spiro atoms. The van der Waals surface area contributed by atoms with Crippen LogP contribution in [0.25, 0.3) is 11.0 Å². The predicted octanol–water partition coefficient (Wildman–Crippen LogP) is 4.14. The normalized spacial score (nSPS) is 15.4. The molecule has 0 bridgehead atoms. The van der Waals surface area contributed by atoms with Gasteiger partial charge in [0.1, 0.15) is 5.58 Å². The lowest BCUT2D eigenvalue weighted by Gasteiger charge is -2.24. The van der Waals surface area contributed by atoms with Gasteiger partial charge in [-0.3, -0.25) is 4.90 Å². The highest BCUT2D eigenvalue weighted by Gasteiger charge is 2.17. The quantitative estimate of drug-likeness (QED) is 0.576. The fourth-order valence-electron chi connectivity index (χ4n) is 3.71. The fraction of sp³-hybridized carbons (Fsp3) is 0.273. The molecule has 2 heterocycles. The number of hydrogen-bond donors (Lipinski definition) is 0. The molecule has 142 valence electrons. The van der Waals surface area contributed by atoms with Gasteiger partial charge in [0, 0.05) is 54.3 Å². The monoisotopic (exact) mass is 437 g/mol. The van der Waals surface area contributed by atoms with Gasteiger partial charge in [0.15, 0.2) is 0 Å². The minimum absolute atomic E-state index is 0.311. The Bertz CT molecular complexity index is 1090. The molecule has 0 saturated carbocycles. The summed E-state index contributed by atoms with van der Waals surface area (Å²) in [5.41, 5.74) is 3.14. The summed E-state index contributed by atoms with van der Waals surface area (Å²) in [7, 11) is 0. The first-order chi connectivity index (χ1) is 13.6. The lowest BCUT2D eigenvalue weighted by molar-refractivity contribution is 0.286. The van der Waals surface area contributed by atoms with E-state index >= 15 is 0 Å². The minimum atomic E-state index is -0.311. The van der Waals surface area contributed by atoms with Crippen LogP contribution in [0.5, 0.6) is 0 Å². The Kier molecular flexibility index (Phi) is 5.47. The number of halogens is 1. The Morgan fingerprint density at radius 1 is 1.04 bits per heavy atom. The van der Waals surface area contributed by atoms with Crippen LogP contribution in [-0.2, 0) is 6.54 Å². The summed E-state index contributed by atoms with van der Waals surface area (Å²) in [5, 5.41) is 9.95. The number of rotatable bonds is 3. The highest BCUT2D eigenvalue weighted by molar-refractivity contribution is 9.10. The van der Waals surface area contributed by atoms with E-state index in [1.165, 1.54) is 0 Å². The first kappa shape index (κ1) is 18.7. The smallest absolute Gasteiger partial charge is 0.336 e. The molecule has 28 heavy (non-hydrogen) atoms. The summed E-state index contributed by atoms with van der Waals surface area (Å²) in [5.74, 6) is 0. The van der Waals surface area contributed by atoms with E-state index in [1.807, 2.05) is 42.5 Å². The van der Waals surface area contributed by atoms with Crippen LogP contribution in [0.3, 0.4) is 0 Å². The standard InChI is InChI=1S/C22H20BrN3O2/c23-18-4-7-20-17(12-22(27)28-21(20)13-18)15-25-8-1-9-26(11-10-25)19-5-2-16(14-24)3-6-19/h2-7,12-13H,1,8-11,15H2. The summed E-state index contributed by atoms with van der Waals surface area (Å²) in [6.07, 6.45) is 1.05. The van der Waals surface area contributed by atoms with Crippen LogP contribution in [0, 0.1) is 11.3 Å². The van der Waals surface area contributed by atoms with E-state index in [4.69, 9.17) is 9.68 Å². The molecule has 5 nitrogen and oxygen atoms in total. The molecular weight excluding hydrogens is 418 g/mol. The van der Waals surface area contributed by atoms with Crippen molar-refractivity contribution in [2.24, 2.45) is 0 Å². The summed E-state index contributed by atoms with van der Waals surface area (Å²) in [6, 6.07) is 17.4. The van der Waals surface area contributed by atoms with Crippen molar-refractivity contribution < 1.29 is 4.42 Å². The predicted molar refractivity (Wildman–Crippen MR) is 113 cm³/mol. The summed E-state index contributed by atoms with van der Waals surface area (Å²) in [6.45, 7) is 4.51. The second-order valence-corrected chi connectivity index (χ2v) is 7.92. The van der Waals surface area contributed by atoms with Crippen molar-refractivity contribution in [2.45, 2.75) is 13.0 Å². The third kappa shape index (κ3) is 4.11. The van der Waals surface area contributed by atoms with E-state index in [2.05, 4.69) is 31.8 Å². The zero-order valence-electron chi connectivity index (χ0n) is 15.4. The van der Waals surface area contributed by atoms with Gasteiger partial charge in [0.25, 0.3) is 0 Å². The summed E-state index contributed by atoms with van der Waals surface area (Å²) >= 11 is 3.43. The van der Waals surface area contributed by atoms with Crippen molar-refractivity contribution in [3.63, 3.8) is 0 Å². The number of nitrogens with zero attached hydrogens (tertiary/aromatic N) is 3. The number of benzene rings is 2. The molecule has 1 aliphatic heterocycles. The second-order valence-electron chi connectivity index (χ2n) is 7.01. The molecule has 2 aromatic carbocycles. The van der Waals surface area contributed by atoms with Crippen LogP contribution in [0.2, 0.25) is 0 Å². The summed E-state index contributed by atoms with van der Waals surface area (Å²) in [4.78, 5) is 16.7. The van der Waals surface area contributed by atoms with E-state index in [1.54, 1.807) is 6.07 Å². The largest absolute Gasteiger partial charge is 0.423 e. The van der Waals surface area contributed by atoms with E-state index in [9.17, 15) is 4.79 Å². The Labute approximate surface area is 171 Å². The van der Waals surface area contributed by atoms with Crippen molar-refractivity contribution in [3.8, 4) is 6.07 Å². The molecule has 4 rings (SSSR count). The molecule has 0 unspecified atom stereocenters.